The molecule has 0 fully saturated rings. The van der Waals surface area contributed by atoms with Crippen LogP contribution in [0, 0.1) is 0 Å². The third-order valence-electron chi connectivity index (χ3n) is 14.7. The van der Waals surface area contributed by atoms with Gasteiger partial charge in [0.25, 0.3) is 0 Å². The Hall–Kier alpha value is -7.62. The first-order valence-corrected chi connectivity index (χ1v) is 24.6. The van der Waals surface area contributed by atoms with Crippen molar-refractivity contribution in [3.05, 3.63) is 284 Å². The fourth-order valence-electron chi connectivity index (χ4n) is 12.1. The summed E-state index contributed by atoms with van der Waals surface area (Å²) in [6, 6.07) is 87.4. The Labute approximate surface area is 392 Å². The molecule has 2 atom stereocenters. The van der Waals surface area contributed by atoms with Crippen LogP contribution in [0.2, 0.25) is 0 Å². The Morgan fingerprint density at radius 3 is 1.23 bits per heavy atom. The highest BCUT2D eigenvalue weighted by molar-refractivity contribution is 7.10. The average Bonchev–Trinajstić information content (AvgIpc) is 4.22. The first-order chi connectivity index (χ1) is 32.7. The second-order valence-corrected chi connectivity index (χ2v) is 19.7. The van der Waals surface area contributed by atoms with Crippen molar-refractivity contribution in [1.82, 2.24) is 0 Å². The standard InChI is InChI=1S/C64H40S2/c1-4-19-42(20-5-1)61-51-37-49-47-26-12-14-28-55(47)64(60-31-17-35-66-60,46-24-8-3-9-25-46)58(49)40-54(51)62(44-33-32-41-18-10-11-21-43(41)36-44)52-38-50-48-27-13-15-29-56(48)63(57(50)39-53(52)61,59-30-16-34-65-59)45-22-6-2-7-23-45/h1-40H. The molecular weight excluding hydrogens is 833 g/mol. The molecule has 0 nitrogen and oxygen atoms in total. The van der Waals surface area contributed by atoms with E-state index in [1.165, 1.54) is 120 Å². The van der Waals surface area contributed by atoms with E-state index in [-0.39, 0.29) is 0 Å². The monoisotopic (exact) mass is 872 g/mol. The lowest BCUT2D eigenvalue weighted by Crippen LogP contribution is -2.27. The summed E-state index contributed by atoms with van der Waals surface area (Å²) < 4.78 is 0. The molecule has 2 heteroatoms. The minimum absolute atomic E-state index is 0.492. The molecule has 0 radical (unpaired) electrons. The molecule has 0 spiro atoms. The molecule has 0 saturated carbocycles. The van der Waals surface area contributed by atoms with Crippen molar-refractivity contribution < 1.29 is 0 Å². The summed E-state index contributed by atoms with van der Waals surface area (Å²) in [5.41, 5.74) is 17.1. The van der Waals surface area contributed by atoms with Gasteiger partial charge in [-0.3, -0.25) is 0 Å². The lowest BCUT2D eigenvalue weighted by molar-refractivity contribution is 0.788. The van der Waals surface area contributed by atoms with Crippen LogP contribution in [0.25, 0.3) is 76.8 Å². The van der Waals surface area contributed by atoms with Gasteiger partial charge in [-0.2, -0.15) is 0 Å². The van der Waals surface area contributed by atoms with E-state index in [0.29, 0.717) is 0 Å². The number of rotatable bonds is 6. The zero-order chi connectivity index (χ0) is 43.4. The number of benzene rings is 10. The quantitative estimate of drug-likeness (QED) is 0.146. The molecule has 12 aromatic rings. The van der Waals surface area contributed by atoms with E-state index in [0.717, 1.165) is 0 Å². The topological polar surface area (TPSA) is 0 Å². The van der Waals surface area contributed by atoms with Crippen molar-refractivity contribution in [2.24, 2.45) is 0 Å². The lowest BCUT2D eigenvalue weighted by Gasteiger charge is -2.33. The van der Waals surface area contributed by atoms with Crippen LogP contribution in [0.15, 0.2) is 241 Å². The molecule has 308 valence electrons. The van der Waals surface area contributed by atoms with Crippen molar-refractivity contribution in [3.8, 4) is 44.5 Å². The molecule has 0 amide bonds. The van der Waals surface area contributed by atoms with Gasteiger partial charge in [0.15, 0.2) is 0 Å². The fraction of sp³-hybridized carbons (Fsp3) is 0.0312. The Balaban J connectivity index is 1.21. The number of thiophene rings is 2. The molecular formula is C64H40S2. The van der Waals surface area contributed by atoms with E-state index < -0.39 is 10.8 Å². The molecule has 14 rings (SSSR count). The van der Waals surface area contributed by atoms with E-state index in [1.807, 2.05) is 22.7 Å². The van der Waals surface area contributed by atoms with E-state index in [1.54, 1.807) is 0 Å². The Bertz CT molecular complexity index is 3850. The maximum atomic E-state index is 2.61. The summed E-state index contributed by atoms with van der Waals surface area (Å²) in [5, 5.41) is 12.0. The summed E-state index contributed by atoms with van der Waals surface area (Å²) in [7, 11) is 0. The molecule has 10 aromatic carbocycles. The number of hydrogen-bond donors (Lipinski definition) is 0. The van der Waals surface area contributed by atoms with Crippen LogP contribution in [0.3, 0.4) is 0 Å². The molecule has 2 heterocycles. The van der Waals surface area contributed by atoms with E-state index in [9.17, 15) is 0 Å². The highest BCUT2D eigenvalue weighted by atomic mass is 32.1. The smallest absolute Gasteiger partial charge is 0.0807 e. The molecule has 2 aliphatic carbocycles. The fourth-order valence-corrected chi connectivity index (χ4v) is 14.1. The summed E-state index contributed by atoms with van der Waals surface area (Å²) in [5.74, 6) is 0. The highest BCUT2D eigenvalue weighted by Crippen LogP contribution is 2.62. The van der Waals surface area contributed by atoms with E-state index in [2.05, 4.69) is 241 Å². The van der Waals surface area contributed by atoms with E-state index >= 15 is 0 Å². The Morgan fingerprint density at radius 1 is 0.273 bits per heavy atom. The van der Waals surface area contributed by atoms with Crippen molar-refractivity contribution in [2.75, 3.05) is 0 Å². The molecule has 0 N–H and O–H groups in total. The number of fused-ring (bicyclic) bond motifs is 9. The average molecular weight is 873 g/mol. The van der Waals surface area contributed by atoms with Gasteiger partial charge in [0, 0.05) is 9.75 Å². The summed E-state index contributed by atoms with van der Waals surface area (Å²) in [6.07, 6.45) is 0. The highest BCUT2D eigenvalue weighted by Gasteiger charge is 2.49. The van der Waals surface area contributed by atoms with Gasteiger partial charge in [0.2, 0.25) is 0 Å². The van der Waals surface area contributed by atoms with Gasteiger partial charge in [0.1, 0.15) is 0 Å². The first kappa shape index (κ1) is 37.7. The van der Waals surface area contributed by atoms with E-state index in [4.69, 9.17) is 0 Å². The van der Waals surface area contributed by atoms with Crippen LogP contribution >= 0.6 is 22.7 Å². The van der Waals surface area contributed by atoms with Crippen LogP contribution < -0.4 is 0 Å². The third kappa shape index (κ3) is 5.09. The predicted molar refractivity (Wildman–Crippen MR) is 280 cm³/mol. The normalized spacial score (nSPS) is 16.9. The van der Waals surface area contributed by atoms with Gasteiger partial charge in [0.05, 0.1) is 10.8 Å². The molecule has 0 saturated heterocycles. The first-order valence-electron chi connectivity index (χ1n) is 22.8. The molecule has 0 bridgehead atoms. The predicted octanol–water partition coefficient (Wildman–Crippen LogP) is 17.3. The van der Waals surface area contributed by atoms with Crippen molar-refractivity contribution in [2.45, 2.75) is 10.8 Å². The Kier molecular flexibility index (Phi) is 8.26. The van der Waals surface area contributed by atoms with Crippen LogP contribution in [0.1, 0.15) is 43.1 Å². The van der Waals surface area contributed by atoms with Crippen molar-refractivity contribution >= 4 is 55.0 Å². The Morgan fingerprint density at radius 2 is 0.712 bits per heavy atom. The summed E-state index contributed by atoms with van der Waals surface area (Å²) >= 11 is 3.71. The molecule has 66 heavy (non-hydrogen) atoms. The van der Waals surface area contributed by atoms with Crippen molar-refractivity contribution in [1.29, 1.82) is 0 Å². The maximum Gasteiger partial charge on any atom is 0.0807 e. The summed E-state index contributed by atoms with van der Waals surface area (Å²) in [6.45, 7) is 0. The second-order valence-electron chi connectivity index (χ2n) is 17.8. The zero-order valence-electron chi connectivity index (χ0n) is 35.9. The van der Waals surface area contributed by atoms with Gasteiger partial charge in [-0.25, -0.2) is 0 Å². The van der Waals surface area contributed by atoms with Crippen molar-refractivity contribution in [3.63, 3.8) is 0 Å². The molecule has 0 aliphatic heterocycles. The maximum absolute atomic E-state index is 2.61. The third-order valence-corrected chi connectivity index (χ3v) is 16.7. The van der Waals surface area contributed by atoms with Crippen LogP contribution in [-0.2, 0) is 10.8 Å². The molecule has 2 aromatic heterocycles. The zero-order valence-corrected chi connectivity index (χ0v) is 37.5. The lowest BCUT2D eigenvalue weighted by atomic mass is 9.70. The van der Waals surface area contributed by atoms with Crippen LogP contribution in [0.4, 0.5) is 0 Å². The van der Waals surface area contributed by atoms with Gasteiger partial charge in [-0.15, -0.1) is 22.7 Å². The van der Waals surface area contributed by atoms with Crippen LogP contribution in [0.5, 0.6) is 0 Å². The van der Waals surface area contributed by atoms with Gasteiger partial charge < -0.3 is 0 Å². The minimum atomic E-state index is -0.495. The second kappa shape index (κ2) is 14.4. The SMILES string of the molecule is c1ccc(-c2c3cc4c(cc3c(-c3ccc5ccccc5c3)c3cc5c(cc23)C(c2ccccc2)(c2cccs2)c2ccccc2-5)C(c2ccccc2)(c2cccs2)c2ccccc2-4)cc1. The molecule has 2 aliphatic rings. The molecule has 2 unspecified atom stereocenters. The largest absolute Gasteiger partial charge is 0.147 e. The number of hydrogen-bond acceptors (Lipinski definition) is 2. The van der Waals surface area contributed by atoms with Gasteiger partial charge >= 0.3 is 0 Å². The minimum Gasteiger partial charge on any atom is -0.147 e. The van der Waals surface area contributed by atoms with Gasteiger partial charge in [-0.1, -0.05) is 188 Å². The summed E-state index contributed by atoms with van der Waals surface area (Å²) in [4.78, 5) is 2.66. The van der Waals surface area contributed by atoms with Gasteiger partial charge in [-0.05, 0) is 163 Å². The van der Waals surface area contributed by atoms with Crippen LogP contribution in [-0.4, -0.2) is 0 Å².